The lowest BCUT2D eigenvalue weighted by molar-refractivity contribution is 0.112. The highest BCUT2D eigenvalue weighted by atomic mass is 79.9. The van der Waals surface area contributed by atoms with Crippen molar-refractivity contribution in [2.24, 2.45) is 0 Å². The fourth-order valence-electron chi connectivity index (χ4n) is 1.47. The molecule has 0 radical (unpaired) electrons. The summed E-state index contributed by atoms with van der Waals surface area (Å²) in [5.74, 6) is 2.03. The van der Waals surface area contributed by atoms with Gasteiger partial charge in [-0.1, -0.05) is 12.1 Å². The zero-order valence-electron chi connectivity index (χ0n) is 9.72. The first-order valence-electron chi connectivity index (χ1n) is 5.29. The number of aldehydes is 1. The van der Waals surface area contributed by atoms with Gasteiger partial charge in [0.05, 0.1) is 11.6 Å². The largest absolute Gasteiger partial charge is 0.497 e. The van der Waals surface area contributed by atoms with Gasteiger partial charge in [-0.05, 0) is 46.3 Å². The summed E-state index contributed by atoms with van der Waals surface area (Å²) in [6.45, 7) is 0. The van der Waals surface area contributed by atoms with Gasteiger partial charge in [0.15, 0.2) is 0 Å². The Bertz CT molecular complexity index is 567. The summed E-state index contributed by atoms with van der Waals surface area (Å²) in [6.07, 6.45) is 0.788. The van der Waals surface area contributed by atoms with E-state index in [4.69, 9.17) is 9.47 Å². The van der Waals surface area contributed by atoms with Crippen molar-refractivity contribution < 1.29 is 14.3 Å². The van der Waals surface area contributed by atoms with E-state index in [9.17, 15) is 4.79 Å². The van der Waals surface area contributed by atoms with Crippen LogP contribution in [0.2, 0.25) is 0 Å². The van der Waals surface area contributed by atoms with Crippen LogP contribution < -0.4 is 9.47 Å². The van der Waals surface area contributed by atoms with E-state index in [0.717, 1.165) is 16.5 Å². The molecule has 2 aromatic carbocycles. The van der Waals surface area contributed by atoms with E-state index >= 15 is 0 Å². The van der Waals surface area contributed by atoms with Crippen LogP contribution in [0.4, 0.5) is 0 Å². The van der Waals surface area contributed by atoms with Crippen molar-refractivity contribution in [3.63, 3.8) is 0 Å². The predicted octanol–water partition coefficient (Wildman–Crippen LogP) is 4.06. The zero-order chi connectivity index (χ0) is 13.0. The van der Waals surface area contributed by atoms with Crippen LogP contribution in [-0.4, -0.2) is 13.4 Å². The number of rotatable bonds is 4. The van der Waals surface area contributed by atoms with E-state index in [2.05, 4.69) is 15.9 Å². The normalized spacial score (nSPS) is 9.89. The van der Waals surface area contributed by atoms with E-state index in [1.54, 1.807) is 37.4 Å². The van der Waals surface area contributed by atoms with Crippen molar-refractivity contribution in [1.82, 2.24) is 0 Å². The fraction of sp³-hybridized carbons (Fsp3) is 0.0714. The molecule has 0 fully saturated rings. The second-order valence-electron chi connectivity index (χ2n) is 3.59. The summed E-state index contributed by atoms with van der Waals surface area (Å²) < 4.78 is 11.6. The van der Waals surface area contributed by atoms with E-state index in [0.29, 0.717) is 17.1 Å². The number of hydrogen-bond acceptors (Lipinski definition) is 3. The third-order valence-corrected chi connectivity index (χ3v) is 2.98. The van der Waals surface area contributed by atoms with Gasteiger partial charge in [0.2, 0.25) is 0 Å². The Morgan fingerprint density at radius 1 is 1.11 bits per heavy atom. The molecular formula is C14H11BrO3. The van der Waals surface area contributed by atoms with Crippen LogP contribution in [0.15, 0.2) is 46.9 Å². The van der Waals surface area contributed by atoms with Gasteiger partial charge in [0.25, 0.3) is 0 Å². The van der Waals surface area contributed by atoms with Crippen LogP contribution >= 0.6 is 15.9 Å². The summed E-state index contributed by atoms with van der Waals surface area (Å²) in [5.41, 5.74) is 0.581. The maximum Gasteiger partial charge on any atom is 0.150 e. The molecule has 0 saturated carbocycles. The first kappa shape index (κ1) is 12.6. The second-order valence-corrected chi connectivity index (χ2v) is 4.44. The summed E-state index contributed by atoms with van der Waals surface area (Å²) in [7, 11) is 1.61. The lowest BCUT2D eigenvalue weighted by atomic mass is 10.2. The zero-order valence-corrected chi connectivity index (χ0v) is 11.3. The molecule has 0 saturated heterocycles. The molecule has 3 nitrogen and oxygen atoms in total. The van der Waals surface area contributed by atoms with E-state index in [1.807, 2.05) is 12.1 Å². The Kier molecular flexibility index (Phi) is 3.99. The molecule has 2 aromatic rings. The lowest BCUT2D eigenvalue weighted by Crippen LogP contribution is -1.88. The van der Waals surface area contributed by atoms with Crippen molar-refractivity contribution in [3.05, 3.63) is 52.5 Å². The predicted molar refractivity (Wildman–Crippen MR) is 72.6 cm³/mol. The first-order valence-corrected chi connectivity index (χ1v) is 6.09. The van der Waals surface area contributed by atoms with Gasteiger partial charge in [-0.3, -0.25) is 4.79 Å². The standard InChI is InChI=1S/C14H11BrO3/c1-17-11-5-6-14(13(15)8-11)18-12-4-2-3-10(7-12)9-16/h2-9H,1H3. The maximum absolute atomic E-state index is 10.7. The quantitative estimate of drug-likeness (QED) is 0.799. The first-order chi connectivity index (χ1) is 8.72. The molecule has 0 atom stereocenters. The molecule has 0 bridgehead atoms. The van der Waals surface area contributed by atoms with Crippen molar-refractivity contribution >= 4 is 22.2 Å². The fourth-order valence-corrected chi connectivity index (χ4v) is 1.91. The van der Waals surface area contributed by atoms with Crippen molar-refractivity contribution in [3.8, 4) is 17.2 Å². The highest BCUT2D eigenvalue weighted by Gasteiger charge is 2.05. The molecule has 2 rings (SSSR count). The molecule has 0 unspecified atom stereocenters. The van der Waals surface area contributed by atoms with Gasteiger partial charge >= 0.3 is 0 Å². The summed E-state index contributed by atoms with van der Waals surface area (Å²) in [5, 5.41) is 0. The molecule has 4 heteroatoms. The number of benzene rings is 2. The molecule has 18 heavy (non-hydrogen) atoms. The Hall–Kier alpha value is -1.81. The van der Waals surface area contributed by atoms with Crippen LogP contribution in [0, 0.1) is 0 Å². The van der Waals surface area contributed by atoms with Gasteiger partial charge in [-0.15, -0.1) is 0 Å². The number of methoxy groups -OCH3 is 1. The van der Waals surface area contributed by atoms with E-state index in [-0.39, 0.29) is 0 Å². The van der Waals surface area contributed by atoms with Crippen LogP contribution in [0.1, 0.15) is 10.4 Å². The van der Waals surface area contributed by atoms with Gasteiger partial charge in [0, 0.05) is 5.56 Å². The Labute approximate surface area is 113 Å². The maximum atomic E-state index is 10.7. The highest BCUT2D eigenvalue weighted by Crippen LogP contribution is 2.32. The number of halogens is 1. The minimum Gasteiger partial charge on any atom is -0.497 e. The number of carbonyl (C=O) groups excluding carboxylic acids is 1. The van der Waals surface area contributed by atoms with Crippen LogP contribution in [0.5, 0.6) is 17.2 Å². The third-order valence-electron chi connectivity index (χ3n) is 2.36. The summed E-state index contributed by atoms with van der Waals surface area (Å²) in [6, 6.07) is 12.4. The van der Waals surface area contributed by atoms with Crippen molar-refractivity contribution in [2.75, 3.05) is 7.11 Å². The lowest BCUT2D eigenvalue weighted by Gasteiger charge is -2.09. The SMILES string of the molecule is COc1ccc(Oc2cccc(C=O)c2)c(Br)c1. The molecule has 0 N–H and O–H groups in total. The van der Waals surface area contributed by atoms with Gasteiger partial charge < -0.3 is 9.47 Å². The molecule has 0 aliphatic carbocycles. The molecule has 0 heterocycles. The minimum absolute atomic E-state index is 0.581. The van der Waals surface area contributed by atoms with Crippen LogP contribution in [0.25, 0.3) is 0 Å². The van der Waals surface area contributed by atoms with Gasteiger partial charge in [-0.25, -0.2) is 0 Å². The average Bonchev–Trinajstić information content (AvgIpc) is 2.41. The molecule has 0 amide bonds. The van der Waals surface area contributed by atoms with E-state index in [1.165, 1.54) is 0 Å². The molecule has 0 aromatic heterocycles. The summed E-state index contributed by atoms with van der Waals surface area (Å²) >= 11 is 3.41. The number of hydrogen-bond donors (Lipinski definition) is 0. The summed E-state index contributed by atoms with van der Waals surface area (Å²) in [4.78, 5) is 10.7. The highest BCUT2D eigenvalue weighted by molar-refractivity contribution is 9.10. The topological polar surface area (TPSA) is 35.5 Å². The molecule has 0 spiro atoms. The van der Waals surface area contributed by atoms with Gasteiger partial charge in [-0.2, -0.15) is 0 Å². The van der Waals surface area contributed by atoms with Crippen molar-refractivity contribution in [2.45, 2.75) is 0 Å². The molecular weight excluding hydrogens is 296 g/mol. The smallest absolute Gasteiger partial charge is 0.150 e. The molecule has 0 aliphatic rings. The Morgan fingerprint density at radius 2 is 1.94 bits per heavy atom. The van der Waals surface area contributed by atoms with Gasteiger partial charge in [0.1, 0.15) is 23.5 Å². The van der Waals surface area contributed by atoms with Crippen LogP contribution in [-0.2, 0) is 0 Å². The van der Waals surface area contributed by atoms with Crippen LogP contribution in [0.3, 0.4) is 0 Å². The van der Waals surface area contributed by atoms with E-state index < -0.39 is 0 Å². The second kappa shape index (κ2) is 5.69. The minimum atomic E-state index is 0.581. The monoisotopic (exact) mass is 306 g/mol. The average molecular weight is 307 g/mol. The number of carbonyl (C=O) groups is 1. The van der Waals surface area contributed by atoms with Crippen molar-refractivity contribution in [1.29, 1.82) is 0 Å². The molecule has 0 aliphatic heterocycles. The number of ether oxygens (including phenoxy) is 2. The molecule has 92 valence electrons. The third kappa shape index (κ3) is 2.90. The Morgan fingerprint density at radius 3 is 2.61 bits per heavy atom. The Balaban J connectivity index is 2.25.